The van der Waals surface area contributed by atoms with E-state index in [9.17, 15) is 9.59 Å². The van der Waals surface area contributed by atoms with Crippen LogP contribution in [0.5, 0.6) is 0 Å². The van der Waals surface area contributed by atoms with E-state index in [0.717, 1.165) is 11.4 Å². The van der Waals surface area contributed by atoms with Gasteiger partial charge in [-0.1, -0.05) is 27.4 Å². The van der Waals surface area contributed by atoms with E-state index in [-0.39, 0.29) is 18.4 Å². The van der Waals surface area contributed by atoms with Crippen molar-refractivity contribution in [3.8, 4) is 0 Å². The number of aliphatic carboxylic acids is 1. The molecule has 2 rings (SSSR count). The first-order valence-electron chi connectivity index (χ1n) is 7.61. The number of carbonyl (C=O) groups excluding carboxylic acids is 1. The number of aromatic nitrogens is 1. The number of piperidine rings is 1. The van der Waals surface area contributed by atoms with E-state index in [4.69, 9.17) is 5.11 Å². The Bertz CT molecular complexity index is 513. The molecule has 0 aromatic carbocycles. The average molecular weight is 324 g/mol. The molecule has 1 aliphatic heterocycles. The summed E-state index contributed by atoms with van der Waals surface area (Å²) in [4.78, 5) is 29.3. The monoisotopic (exact) mass is 324 g/mol. The summed E-state index contributed by atoms with van der Waals surface area (Å²) in [6, 6.07) is 0. The highest BCUT2D eigenvalue weighted by Crippen LogP contribution is 2.27. The van der Waals surface area contributed by atoms with Gasteiger partial charge in [-0.25, -0.2) is 4.98 Å². The number of hydrogen-bond acceptors (Lipinski definition) is 4. The van der Waals surface area contributed by atoms with E-state index in [1.165, 1.54) is 11.3 Å². The van der Waals surface area contributed by atoms with Crippen molar-refractivity contribution in [3.63, 3.8) is 0 Å². The van der Waals surface area contributed by atoms with Crippen LogP contribution in [0.2, 0.25) is 0 Å². The summed E-state index contributed by atoms with van der Waals surface area (Å²) < 4.78 is 0. The van der Waals surface area contributed by atoms with Gasteiger partial charge in [-0.3, -0.25) is 9.59 Å². The molecule has 1 amide bonds. The third kappa shape index (κ3) is 4.40. The Balaban J connectivity index is 0.00000116. The molecule has 0 bridgehead atoms. The van der Waals surface area contributed by atoms with Crippen LogP contribution in [0.25, 0.3) is 0 Å². The van der Waals surface area contributed by atoms with Crippen molar-refractivity contribution in [1.82, 2.24) is 9.88 Å². The SMILES string of the molecule is C=C(C(=O)N1CCCC(C(=O)O)C1)C(C)c1nccs1.CC. The Kier molecular flexibility index (Phi) is 7.24. The van der Waals surface area contributed by atoms with Crippen LogP contribution in [-0.2, 0) is 9.59 Å². The fraction of sp³-hybridized carbons (Fsp3) is 0.562. The zero-order valence-electron chi connectivity index (χ0n) is 13.4. The maximum atomic E-state index is 12.4. The molecule has 1 N–H and O–H groups in total. The fourth-order valence-corrected chi connectivity index (χ4v) is 3.08. The Morgan fingerprint density at radius 3 is 2.73 bits per heavy atom. The number of likely N-dealkylation sites (tertiary alicyclic amines) is 1. The van der Waals surface area contributed by atoms with Crippen LogP contribution >= 0.6 is 11.3 Å². The molecular weight excluding hydrogens is 300 g/mol. The van der Waals surface area contributed by atoms with E-state index in [1.54, 1.807) is 11.1 Å². The molecule has 5 nitrogen and oxygen atoms in total. The van der Waals surface area contributed by atoms with Gasteiger partial charge >= 0.3 is 5.97 Å². The fourth-order valence-electron chi connectivity index (χ4n) is 2.35. The van der Waals surface area contributed by atoms with E-state index < -0.39 is 11.9 Å². The maximum absolute atomic E-state index is 12.4. The number of hydrogen-bond donors (Lipinski definition) is 1. The quantitative estimate of drug-likeness (QED) is 0.864. The topological polar surface area (TPSA) is 70.5 Å². The number of carboxylic acids is 1. The summed E-state index contributed by atoms with van der Waals surface area (Å²) in [5.41, 5.74) is 0.478. The highest BCUT2D eigenvalue weighted by molar-refractivity contribution is 7.09. The summed E-state index contributed by atoms with van der Waals surface area (Å²) in [6.45, 7) is 10.7. The van der Waals surface area contributed by atoms with Gasteiger partial charge in [-0.05, 0) is 12.8 Å². The summed E-state index contributed by atoms with van der Waals surface area (Å²) in [7, 11) is 0. The van der Waals surface area contributed by atoms with Gasteiger partial charge in [0.2, 0.25) is 5.91 Å². The van der Waals surface area contributed by atoms with E-state index >= 15 is 0 Å². The molecule has 1 aromatic heterocycles. The van der Waals surface area contributed by atoms with Crippen LogP contribution in [0.1, 0.15) is 44.5 Å². The van der Waals surface area contributed by atoms with Crippen LogP contribution in [0.4, 0.5) is 0 Å². The molecule has 2 atom stereocenters. The number of rotatable bonds is 4. The third-order valence-corrected chi connectivity index (χ3v) is 4.64. The van der Waals surface area contributed by atoms with Crippen molar-refractivity contribution >= 4 is 23.2 Å². The van der Waals surface area contributed by atoms with Crippen molar-refractivity contribution in [2.45, 2.75) is 39.5 Å². The Labute approximate surface area is 135 Å². The molecule has 6 heteroatoms. The Morgan fingerprint density at radius 1 is 1.50 bits per heavy atom. The van der Waals surface area contributed by atoms with E-state index in [1.807, 2.05) is 26.2 Å². The zero-order chi connectivity index (χ0) is 16.7. The number of thiazole rings is 1. The maximum Gasteiger partial charge on any atom is 0.308 e. The van der Waals surface area contributed by atoms with E-state index in [0.29, 0.717) is 18.5 Å². The van der Waals surface area contributed by atoms with Crippen molar-refractivity contribution < 1.29 is 14.7 Å². The van der Waals surface area contributed by atoms with Gasteiger partial charge in [0.1, 0.15) is 0 Å². The predicted molar refractivity (Wildman–Crippen MR) is 88.0 cm³/mol. The lowest BCUT2D eigenvalue weighted by Gasteiger charge is -2.32. The molecule has 0 saturated carbocycles. The van der Waals surface area contributed by atoms with Gasteiger partial charge < -0.3 is 10.0 Å². The zero-order valence-corrected chi connectivity index (χ0v) is 14.2. The predicted octanol–water partition coefficient (Wildman–Crippen LogP) is 3.15. The molecule has 1 fully saturated rings. The molecule has 22 heavy (non-hydrogen) atoms. The third-order valence-electron chi connectivity index (χ3n) is 3.68. The molecule has 122 valence electrons. The minimum Gasteiger partial charge on any atom is -0.481 e. The van der Waals surface area contributed by atoms with Gasteiger partial charge in [-0.15, -0.1) is 11.3 Å². The van der Waals surface area contributed by atoms with Gasteiger partial charge in [0.05, 0.1) is 10.9 Å². The summed E-state index contributed by atoms with van der Waals surface area (Å²) >= 11 is 1.49. The van der Waals surface area contributed by atoms with Gasteiger partial charge in [0.15, 0.2) is 0 Å². The van der Waals surface area contributed by atoms with Crippen LogP contribution < -0.4 is 0 Å². The standard InChI is InChI=1S/C14H18N2O3S.C2H6/c1-9(12-15-5-7-20-12)10(2)13(17)16-6-3-4-11(8-16)14(18)19;1-2/h5,7,9,11H,2-4,6,8H2,1H3,(H,18,19);1-2H3. The second kappa shape index (κ2) is 8.68. The minimum atomic E-state index is -0.832. The normalized spacial score (nSPS) is 18.9. The highest BCUT2D eigenvalue weighted by atomic mass is 32.1. The molecule has 1 saturated heterocycles. The first-order valence-corrected chi connectivity index (χ1v) is 8.49. The molecule has 1 aromatic rings. The van der Waals surface area contributed by atoms with Gasteiger partial charge in [0, 0.05) is 36.2 Å². The van der Waals surface area contributed by atoms with Crippen molar-refractivity contribution in [2.24, 2.45) is 5.92 Å². The molecule has 0 aliphatic carbocycles. The molecule has 0 radical (unpaired) electrons. The number of amides is 1. The van der Waals surface area contributed by atoms with Crippen LogP contribution in [0, 0.1) is 5.92 Å². The highest BCUT2D eigenvalue weighted by Gasteiger charge is 2.30. The number of nitrogens with zero attached hydrogens (tertiary/aromatic N) is 2. The lowest BCUT2D eigenvalue weighted by molar-refractivity contribution is -0.145. The van der Waals surface area contributed by atoms with Gasteiger partial charge in [0.25, 0.3) is 0 Å². The first-order chi connectivity index (χ1) is 10.5. The van der Waals surface area contributed by atoms with Crippen molar-refractivity contribution in [3.05, 3.63) is 28.7 Å². The van der Waals surface area contributed by atoms with Crippen LogP contribution in [0.15, 0.2) is 23.7 Å². The lowest BCUT2D eigenvalue weighted by atomic mass is 9.96. The molecule has 0 spiro atoms. The number of carbonyl (C=O) groups is 2. The van der Waals surface area contributed by atoms with Crippen LogP contribution in [0.3, 0.4) is 0 Å². The summed E-state index contributed by atoms with van der Waals surface area (Å²) in [5.74, 6) is -1.58. The van der Waals surface area contributed by atoms with Crippen molar-refractivity contribution in [1.29, 1.82) is 0 Å². The smallest absolute Gasteiger partial charge is 0.308 e. The summed E-state index contributed by atoms with van der Waals surface area (Å²) in [5, 5.41) is 11.8. The second-order valence-electron chi connectivity index (χ2n) is 5.05. The molecule has 2 heterocycles. The van der Waals surface area contributed by atoms with E-state index in [2.05, 4.69) is 11.6 Å². The minimum absolute atomic E-state index is 0.132. The Morgan fingerprint density at radius 2 is 2.18 bits per heavy atom. The van der Waals surface area contributed by atoms with Crippen LogP contribution in [-0.4, -0.2) is 40.0 Å². The number of carboxylic acid groups (broad SMARTS) is 1. The molecular formula is C16H24N2O3S. The summed E-state index contributed by atoms with van der Waals surface area (Å²) in [6.07, 6.45) is 3.06. The molecule has 1 aliphatic rings. The second-order valence-corrected chi connectivity index (χ2v) is 5.97. The average Bonchev–Trinajstić information content (AvgIpc) is 3.09. The molecule has 2 unspecified atom stereocenters. The van der Waals surface area contributed by atoms with Crippen molar-refractivity contribution in [2.75, 3.05) is 13.1 Å². The first kappa shape index (κ1) is 18.4. The lowest BCUT2D eigenvalue weighted by Crippen LogP contribution is -2.43. The Hall–Kier alpha value is -1.69. The van der Waals surface area contributed by atoms with Gasteiger partial charge in [-0.2, -0.15) is 0 Å². The largest absolute Gasteiger partial charge is 0.481 e.